The second-order valence-corrected chi connectivity index (χ2v) is 8.80. The number of carbonyl (C=O) groups is 1. The van der Waals surface area contributed by atoms with E-state index in [9.17, 15) is 9.59 Å². The fourth-order valence-electron chi connectivity index (χ4n) is 4.72. The molecule has 2 aromatic heterocycles. The molecule has 7 nitrogen and oxygen atoms in total. The van der Waals surface area contributed by atoms with E-state index >= 15 is 0 Å². The van der Waals surface area contributed by atoms with Gasteiger partial charge in [-0.3, -0.25) is 14.5 Å². The van der Waals surface area contributed by atoms with Crippen LogP contribution in [0.5, 0.6) is 0 Å². The lowest BCUT2D eigenvalue weighted by Gasteiger charge is -2.29. The lowest BCUT2D eigenvalue weighted by atomic mass is 10.1. The Labute approximate surface area is 192 Å². The van der Waals surface area contributed by atoms with Gasteiger partial charge in [0.2, 0.25) is 0 Å². The Morgan fingerprint density at radius 3 is 2.67 bits per heavy atom. The van der Waals surface area contributed by atoms with Crippen molar-refractivity contribution in [3.63, 3.8) is 0 Å². The summed E-state index contributed by atoms with van der Waals surface area (Å²) in [7, 11) is 1.91. The van der Waals surface area contributed by atoms with Crippen LogP contribution in [0.1, 0.15) is 38.3 Å². The maximum atomic E-state index is 13.3. The number of carbonyl (C=O) groups excluding carboxylic acids is 1. The van der Waals surface area contributed by atoms with Gasteiger partial charge in [-0.1, -0.05) is 48.0 Å². The second kappa shape index (κ2) is 8.33. The van der Waals surface area contributed by atoms with E-state index in [1.54, 1.807) is 0 Å². The van der Waals surface area contributed by atoms with Crippen molar-refractivity contribution in [3.8, 4) is 0 Å². The molecular weight excluding hydrogens is 414 g/mol. The summed E-state index contributed by atoms with van der Waals surface area (Å²) in [6, 6.07) is 16.2. The van der Waals surface area contributed by atoms with Crippen molar-refractivity contribution in [2.75, 3.05) is 11.9 Å². The van der Waals surface area contributed by atoms with E-state index in [1.165, 1.54) is 16.3 Å². The van der Waals surface area contributed by atoms with Gasteiger partial charge in [0.25, 0.3) is 11.5 Å². The molecule has 0 aliphatic carbocycles. The van der Waals surface area contributed by atoms with Crippen LogP contribution in [-0.2, 0) is 26.6 Å². The van der Waals surface area contributed by atoms with Crippen molar-refractivity contribution < 1.29 is 4.79 Å². The van der Waals surface area contributed by atoms with Crippen molar-refractivity contribution in [1.29, 1.82) is 0 Å². The molecule has 0 fully saturated rings. The molecule has 5 rings (SSSR count). The van der Waals surface area contributed by atoms with Crippen LogP contribution < -0.4 is 10.9 Å². The highest BCUT2D eigenvalue weighted by molar-refractivity contribution is 6.08. The largest absolute Gasteiger partial charge is 0.332 e. The normalized spacial score (nSPS) is 13.8. The number of aromatic nitrogens is 3. The SMILES string of the molecule is Cc1ccc(NC(=O)c2cnn3c(=O)c4c(n(C)c23)CCN(Cc2ccccc2)C4)c(C)c1. The highest BCUT2D eigenvalue weighted by Gasteiger charge is 2.26. The summed E-state index contributed by atoms with van der Waals surface area (Å²) in [5.74, 6) is -0.270. The highest BCUT2D eigenvalue weighted by Crippen LogP contribution is 2.22. The van der Waals surface area contributed by atoms with Gasteiger partial charge in [0.1, 0.15) is 5.56 Å². The van der Waals surface area contributed by atoms with Crippen molar-refractivity contribution in [2.45, 2.75) is 33.4 Å². The molecule has 1 aliphatic heterocycles. The molecule has 168 valence electrons. The molecule has 33 heavy (non-hydrogen) atoms. The maximum Gasteiger partial charge on any atom is 0.279 e. The molecule has 2 aromatic carbocycles. The predicted octanol–water partition coefficient (Wildman–Crippen LogP) is 3.46. The molecule has 7 heteroatoms. The number of nitrogens with zero attached hydrogens (tertiary/aromatic N) is 4. The third kappa shape index (κ3) is 3.85. The first-order chi connectivity index (χ1) is 15.9. The second-order valence-electron chi connectivity index (χ2n) is 8.80. The fourth-order valence-corrected chi connectivity index (χ4v) is 4.72. The first kappa shape index (κ1) is 21.2. The van der Waals surface area contributed by atoms with Gasteiger partial charge in [0, 0.05) is 44.5 Å². The highest BCUT2D eigenvalue weighted by atomic mass is 16.2. The quantitative estimate of drug-likeness (QED) is 0.527. The van der Waals surface area contributed by atoms with E-state index in [0.29, 0.717) is 17.8 Å². The summed E-state index contributed by atoms with van der Waals surface area (Å²) in [4.78, 5) is 28.7. The minimum absolute atomic E-state index is 0.151. The zero-order valence-corrected chi connectivity index (χ0v) is 19.1. The Kier molecular flexibility index (Phi) is 5.34. The van der Waals surface area contributed by atoms with Crippen LogP contribution in [-0.4, -0.2) is 31.5 Å². The third-order valence-electron chi connectivity index (χ3n) is 6.44. The predicted molar refractivity (Wildman–Crippen MR) is 129 cm³/mol. The number of benzene rings is 2. The minimum Gasteiger partial charge on any atom is -0.332 e. The van der Waals surface area contributed by atoms with Crippen LogP contribution in [0.25, 0.3) is 5.65 Å². The maximum absolute atomic E-state index is 13.3. The monoisotopic (exact) mass is 441 g/mol. The van der Waals surface area contributed by atoms with Gasteiger partial charge in [-0.05, 0) is 31.0 Å². The van der Waals surface area contributed by atoms with Crippen LogP contribution in [0.3, 0.4) is 0 Å². The topological polar surface area (TPSA) is 71.6 Å². The van der Waals surface area contributed by atoms with Crippen LogP contribution in [0.4, 0.5) is 5.69 Å². The van der Waals surface area contributed by atoms with Gasteiger partial charge >= 0.3 is 0 Å². The van der Waals surface area contributed by atoms with Gasteiger partial charge in [-0.2, -0.15) is 9.61 Å². The minimum atomic E-state index is -0.270. The third-order valence-corrected chi connectivity index (χ3v) is 6.44. The fraction of sp³-hybridized carbons (Fsp3) is 0.269. The van der Waals surface area contributed by atoms with Crippen LogP contribution in [0.2, 0.25) is 0 Å². The number of hydrogen-bond donors (Lipinski definition) is 1. The summed E-state index contributed by atoms with van der Waals surface area (Å²) >= 11 is 0. The standard InChI is InChI=1S/C26H27N5O2/c1-17-9-10-22(18(2)13-17)28-24(32)20-14-27-31-25(20)29(3)23-11-12-30(16-21(23)26(31)33)15-19-7-5-4-6-8-19/h4-10,13-14H,11-12,15-16H2,1-3H3,(H,28,32). The summed E-state index contributed by atoms with van der Waals surface area (Å²) in [6.45, 7) is 6.19. The number of amides is 1. The summed E-state index contributed by atoms with van der Waals surface area (Å²) < 4.78 is 3.32. The molecule has 0 spiro atoms. The van der Waals surface area contributed by atoms with E-state index in [-0.39, 0.29) is 11.5 Å². The van der Waals surface area contributed by atoms with E-state index in [1.807, 2.05) is 61.9 Å². The molecule has 1 amide bonds. The number of fused-ring (bicyclic) bond motifs is 2. The lowest BCUT2D eigenvalue weighted by molar-refractivity contribution is 0.102. The zero-order valence-electron chi connectivity index (χ0n) is 19.1. The van der Waals surface area contributed by atoms with Gasteiger partial charge in [-0.15, -0.1) is 0 Å². The number of aryl methyl sites for hydroxylation is 3. The first-order valence-electron chi connectivity index (χ1n) is 11.2. The average Bonchev–Trinajstić information content (AvgIpc) is 3.26. The molecule has 0 radical (unpaired) electrons. The molecule has 0 saturated carbocycles. The lowest BCUT2D eigenvalue weighted by Crippen LogP contribution is -2.38. The van der Waals surface area contributed by atoms with E-state index in [4.69, 9.17) is 0 Å². The zero-order chi connectivity index (χ0) is 23.1. The van der Waals surface area contributed by atoms with Gasteiger partial charge in [0.15, 0.2) is 5.65 Å². The Bertz CT molecular complexity index is 1420. The number of nitrogens with one attached hydrogen (secondary N) is 1. The molecule has 0 unspecified atom stereocenters. The molecule has 1 aliphatic rings. The van der Waals surface area contributed by atoms with Crippen LogP contribution >= 0.6 is 0 Å². The number of rotatable bonds is 4. The van der Waals surface area contributed by atoms with Gasteiger partial charge < -0.3 is 9.88 Å². The molecule has 0 bridgehead atoms. The van der Waals surface area contributed by atoms with E-state index in [0.717, 1.165) is 47.6 Å². The van der Waals surface area contributed by atoms with E-state index < -0.39 is 0 Å². The molecule has 4 aromatic rings. The van der Waals surface area contributed by atoms with Crippen molar-refractivity contribution in [3.05, 3.63) is 98.6 Å². The average molecular weight is 442 g/mol. The number of anilines is 1. The molecule has 0 saturated heterocycles. The first-order valence-corrected chi connectivity index (χ1v) is 11.2. The van der Waals surface area contributed by atoms with Crippen LogP contribution in [0.15, 0.2) is 59.5 Å². The molecule has 1 N–H and O–H groups in total. The Morgan fingerprint density at radius 1 is 1.12 bits per heavy atom. The van der Waals surface area contributed by atoms with Gasteiger partial charge in [0.05, 0.1) is 11.8 Å². The smallest absolute Gasteiger partial charge is 0.279 e. The molecular formula is C26H27N5O2. The summed E-state index contributed by atoms with van der Waals surface area (Å²) in [6.07, 6.45) is 2.23. The molecule has 3 heterocycles. The Morgan fingerprint density at radius 2 is 1.91 bits per heavy atom. The summed E-state index contributed by atoms with van der Waals surface area (Å²) in [5, 5.41) is 7.28. The van der Waals surface area contributed by atoms with Crippen molar-refractivity contribution >= 4 is 17.2 Å². The summed E-state index contributed by atoms with van der Waals surface area (Å²) in [5.41, 5.74) is 6.59. The van der Waals surface area contributed by atoms with Crippen molar-refractivity contribution in [2.24, 2.45) is 7.05 Å². The molecule has 0 atom stereocenters. The Hall–Kier alpha value is -3.71. The van der Waals surface area contributed by atoms with E-state index in [2.05, 4.69) is 27.4 Å². The van der Waals surface area contributed by atoms with Crippen molar-refractivity contribution in [1.82, 2.24) is 19.1 Å². The van der Waals surface area contributed by atoms with Crippen LogP contribution in [0, 0.1) is 13.8 Å². The van der Waals surface area contributed by atoms with Gasteiger partial charge in [-0.25, -0.2) is 0 Å². The Balaban J connectivity index is 1.48. The number of hydrogen-bond acceptors (Lipinski definition) is 4.